The van der Waals surface area contributed by atoms with Gasteiger partial charge in [0, 0.05) is 0 Å². The van der Waals surface area contributed by atoms with Crippen LogP contribution in [-0.2, 0) is 17.2 Å². The second-order valence-electron chi connectivity index (χ2n) is 2.52. The van der Waals surface area contributed by atoms with Gasteiger partial charge in [-0.1, -0.05) is 0 Å². The summed E-state index contributed by atoms with van der Waals surface area (Å²) in [6.45, 7) is 0. The third-order valence-electron chi connectivity index (χ3n) is 1.37. The summed E-state index contributed by atoms with van der Waals surface area (Å²) in [5.74, 6) is 0. The first-order chi connectivity index (χ1) is 7.24. The van der Waals surface area contributed by atoms with Crippen molar-refractivity contribution in [2.45, 2.75) is 5.51 Å². The van der Waals surface area contributed by atoms with Crippen LogP contribution in [0.4, 0.5) is 13.2 Å². The Bertz CT molecular complexity index is 482. The van der Waals surface area contributed by atoms with Crippen molar-refractivity contribution in [1.82, 2.24) is 0 Å². The van der Waals surface area contributed by atoms with E-state index in [0.717, 1.165) is 0 Å². The summed E-state index contributed by atoms with van der Waals surface area (Å²) < 4.78 is 71.4. The van der Waals surface area contributed by atoms with Crippen LogP contribution in [0.5, 0.6) is 0 Å². The first kappa shape index (κ1) is 13.3. The monoisotopic (exact) mass is 322 g/mol. The fraction of sp³-hybridized carbons (Fsp3) is 0.143. The molecular weight excluding hydrogens is 316 g/mol. The summed E-state index contributed by atoms with van der Waals surface area (Å²) in [4.78, 5) is 0. The first-order valence-electron chi connectivity index (χ1n) is 3.72. The molecule has 0 heterocycles. The maximum absolute atomic E-state index is 11.9. The van der Waals surface area contributed by atoms with Crippen LogP contribution in [0.1, 0.15) is 0 Å². The fourth-order valence-electron chi connectivity index (χ4n) is 0.691. The quantitative estimate of drug-likeness (QED) is 0.607. The van der Waals surface area contributed by atoms with E-state index in [1.165, 1.54) is 24.3 Å². The Hall–Kier alpha value is -0.761. The molecule has 0 amide bonds. The molecule has 4 nitrogen and oxygen atoms in total. The minimum absolute atomic E-state index is 0.0738. The first-order valence-corrected chi connectivity index (χ1v) is 7.38. The summed E-state index contributed by atoms with van der Waals surface area (Å²) in [5, 5.41) is 0. The van der Waals surface area contributed by atoms with Gasteiger partial charge >= 0.3 is 93.3 Å². The fourth-order valence-corrected chi connectivity index (χ4v) is 3.81. The van der Waals surface area contributed by atoms with E-state index < -0.39 is 29.8 Å². The zero-order valence-corrected chi connectivity index (χ0v) is 10.00. The Morgan fingerprint density at radius 2 is 1.62 bits per heavy atom. The molecule has 0 bridgehead atoms. The van der Waals surface area contributed by atoms with E-state index in [0.29, 0.717) is 0 Å². The third kappa shape index (κ3) is 3.11. The number of alkyl halides is 3. The van der Waals surface area contributed by atoms with Gasteiger partial charge in [0.15, 0.2) is 0 Å². The summed E-state index contributed by atoms with van der Waals surface area (Å²) in [5.41, 5.74) is -5.56. The Balaban J connectivity index is 2.89. The number of rotatable bonds is 3. The summed E-state index contributed by atoms with van der Waals surface area (Å²) in [6, 6.07) is 6.81. The van der Waals surface area contributed by atoms with E-state index in [1.54, 1.807) is 6.07 Å². The van der Waals surface area contributed by atoms with Gasteiger partial charge in [0.1, 0.15) is 0 Å². The molecule has 1 aromatic rings. The summed E-state index contributed by atoms with van der Waals surface area (Å²) >= 11 is -3.70. The zero-order chi connectivity index (χ0) is 12.4. The molecule has 1 aromatic carbocycles. The second kappa shape index (κ2) is 4.62. The molecule has 0 aromatic heterocycles. The van der Waals surface area contributed by atoms with Crippen molar-refractivity contribution in [3.63, 3.8) is 0 Å². The van der Waals surface area contributed by atoms with Crippen molar-refractivity contribution in [2.75, 3.05) is 0 Å². The van der Waals surface area contributed by atoms with Gasteiger partial charge in [-0.25, -0.2) is 0 Å². The van der Waals surface area contributed by atoms with Gasteiger partial charge in [-0.05, 0) is 0 Å². The molecule has 90 valence electrons. The van der Waals surface area contributed by atoms with E-state index in [1.807, 2.05) is 0 Å². The van der Waals surface area contributed by atoms with Gasteiger partial charge in [-0.2, -0.15) is 0 Å². The van der Waals surface area contributed by atoms with E-state index in [4.69, 9.17) is 0 Å². The van der Waals surface area contributed by atoms with Gasteiger partial charge in [0.25, 0.3) is 0 Å². The maximum atomic E-state index is 11.9. The van der Waals surface area contributed by atoms with Gasteiger partial charge < -0.3 is 0 Å². The summed E-state index contributed by atoms with van der Waals surface area (Å²) in [7, 11) is -5.80. The van der Waals surface area contributed by atoms with Crippen LogP contribution >= 0.6 is 0 Å². The Morgan fingerprint density at radius 1 is 1.12 bits per heavy atom. The van der Waals surface area contributed by atoms with Crippen molar-refractivity contribution < 1.29 is 28.7 Å². The molecule has 16 heavy (non-hydrogen) atoms. The van der Waals surface area contributed by atoms with E-state index in [-0.39, 0.29) is 4.46 Å². The Kier molecular flexibility index (Phi) is 3.84. The van der Waals surface area contributed by atoms with E-state index in [2.05, 4.69) is 3.27 Å². The molecule has 0 aliphatic heterocycles. The number of benzene rings is 1. The van der Waals surface area contributed by atoms with Crippen molar-refractivity contribution in [3.05, 3.63) is 30.3 Å². The molecule has 0 aliphatic carbocycles. The van der Waals surface area contributed by atoms with Crippen LogP contribution in [-0.4, -0.2) is 28.1 Å². The molecule has 9 heteroatoms. The summed E-state index contributed by atoms with van der Waals surface area (Å²) in [6.07, 6.45) is 0. The molecule has 0 aliphatic rings. The standard InChI is InChI=1S/C7H5F3O4SSe/c8-7(9,10)15(11,12)14-16(13)6-4-2-1-3-5-6/h1-5H. The topological polar surface area (TPSA) is 60.4 Å². The molecule has 1 rings (SSSR count). The molecule has 0 radical (unpaired) electrons. The number of hydrogen-bond acceptors (Lipinski definition) is 4. The molecule has 1 atom stereocenters. The van der Waals surface area contributed by atoms with Crippen LogP contribution in [0, 0.1) is 0 Å². The molecule has 0 fully saturated rings. The van der Waals surface area contributed by atoms with Crippen LogP contribution in [0.3, 0.4) is 0 Å². The van der Waals surface area contributed by atoms with Gasteiger partial charge in [-0.15, -0.1) is 0 Å². The normalized spacial score (nSPS) is 14.7. The second-order valence-corrected chi connectivity index (χ2v) is 6.85. The van der Waals surface area contributed by atoms with E-state index in [9.17, 15) is 25.4 Å². The molecule has 0 saturated carbocycles. The molecule has 1 unspecified atom stereocenters. The van der Waals surface area contributed by atoms with Crippen LogP contribution in [0.25, 0.3) is 0 Å². The van der Waals surface area contributed by atoms with Gasteiger partial charge in [0.05, 0.1) is 0 Å². The predicted octanol–water partition coefficient (Wildman–Crippen LogP) is 0.679. The van der Waals surface area contributed by atoms with Crippen molar-refractivity contribution in [1.29, 1.82) is 0 Å². The minimum atomic E-state index is -5.80. The molecular formula is C7H5F3O4SSe. The van der Waals surface area contributed by atoms with Crippen molar-refractivity contribution >= 4 is 28.7 Å². The molecule has 0 spiro atoms. The van der Waals surface area contributed by atoms with Crippen LogP contribution < -0.4 is 4.46 Å². The van der Waals surface area contributed by atoms with Crippen LogP contribution in [0.2, 0.25) is 0 Å². The average Bonchev–Trinajstić information content (AvgIpc) is 2.16. The zero-order valence-electron chi connectivity index (χ0n) is 7.47. The van der Waals surface area contributed by atoms with Crippen molar-refractivity contribution in [2.24, 2.45) is 0 Å². The van der Waals surface area contributed by atoms with E-state index >= 15 is 0 Å². The average molecular weight is 321 g/mol. The molecule has 0 saturated heterocycles. The van der Waals surface area contributed by atoms with Crippen molar-refractivity contribution in [3.8, 4) is 0 Å². The number of hydrogen-bond donors (Lipinski definition) is 0. The third-order valence-corrected chi connectivity index (χ3v) is 5.52. The molecule has 0 N–H and O–H groups in total. The van der Waals surface area contributed by atoms with Crippen LogP contribution in [0.15, 0.2) is 30.3 Å². The number of halogens is 3. The SMILES string of the molecule is O=[Se](OS(=O)(=O)C(F)(F)F)c1ccccc1. The predicted molar refractivity (Wildman–Crippen MR) is 48.6 cm³/mol. The van der Waals surface area contributed by atoms with Gasteiger partial charge in [-0.3, -0.25) is 0 Å². The van der Waals surface area contributed by atoms with Gasteiger partial charge in [0.2, 0.25) is 0 Å². The Labute approximate surface area is 93.6 Å². The Morgan fingerprint density at radius 3 is 2.06 bits per heavy atom.